The van der Waals surface area contributed by atoms with Crippen LogP contribution in [0.1, 0.15) is 22.7 Å². The molecule has 0 spiro atoms. The zero-order chi connectivity index (χ0) is 21.5. The summed E-state index contributed by atoms with van der Waals surface area (Å²) in [6, 6.07) is 23.3. The van der Waals surface area contributed by atoms with Gasteiger partial charge in [0.05, 0.1) is 11.6 Å². The van der Waals surface area contributed by atoms with Crippen molar-refractivity contribution in [3.63, 3.8) is 0 Å². The molecule has 1 unspecified atom stereocenters. The van der Waals surface area contributed by atoms with Crippen molar-refractivity contribution in [2.45, 2.75) is 12.3 Å². The maximum absolute atomic E-state index is 12.4. The highest BCUT2D eigenvalue weighted by Crippen LogP contribution is 2.31. The Hall–Kier alpha value is -4.06. The highest BCUT2D eigenvalue weighted by molar-refractivity contribution is 5.87. The third-order valence-electron chi connectivity index (χ3n) is 5.01. The smallest absolute Gasteiger partial charge is 0.229 e. The van der Waals surface area contributed by atoms with E-state index in [4.69, 9.17) is 10.7 Å². The van der Waals surface area contributed by atoms with E-state index in [-0.39, 0.29) is 0 Å². The lowest BCUT2D eigenvalue weighted by Crippen LogP contribution is -2.24. The number of nitrogens with one attached hydrogen (secondary N) is 1. The fourth-order valence-corrected chi connectivity index (χ4v) is 3.51. The summed E-state index contributed by atoms with van der Waals surface area (Å²) in [6.07, 6.45) is 5.84. The second-order valence-electron chi connectivity index (χ2n) is 7.12. The Bertz CT molecular complexity index is 1130. The van der Waals surface area contributed by atoms with E-state index in [2.05, 4.69) is 15.3 Å². The molecule has 154 valence electrons. The van der Waals surface area contributed by atoms with Crippen molar-refractivity contribution >= 4 is 11.7 Å². The summed E-state index contributed by atoms with van der Waals surface area (Å²) < 4.78 is 0. The van der Waals surface area contributed by atoms with Gasteiger partial charge >= 0.3 is 0 Å². The van der Waals surface area contributed by atoms with Gasteiger partial charge in [-0.05, 0) is 29.8 Å². The largest absolute Gasteiger partial charge is 0.369 e. The number of aromatic nitrogens is 3. The molecule has 31 heavy (non-hydrogen) atoms. The molecular formula is C25H23N5O. The molecule has 1 aromatic carbocycles. The number of primary amides is 1. The van der Waals surface area contributed by atoms with Crippen molar-refractivity contribution in [3.05, 3.63) is 108 Å². The number of carbonyl (C=O) groups is 1. The SMILES string of the molecule is NC(=O)C(c1cccnc1)c1ccc(-c2ccccc2)nc1NCCc1ccccn1. The molecule has 3 heterocycles. The van der Waals surface area contributed by atoms with Gasteiger partial charge in [0.25, 0.3) is 0 Å². The number of benzene rings is 1. The second kappa shape index (κ2) is 9.63. The summed E-state index contributed by atoms with van der Waals surface area (Å²) in [7, 11) is 0. The summed E-state index contributed by atoms with van der Waals surface area (Å²) >= 11 is 0. The zero-order valence-corrected chi connectivity index (χ0v) is 17.0. The Labute approximate surface area is 181 Å². The molecule has 1 amide bonds. The zero-order valence-electron chi connectivity index (χ0n) is 17.0. The van der Waals surface area contributed by atoms with Crippen LogP contribution >= 0.6 is 0 Å². The van der Waals surface area contributed by atoms with Gasteiger partial charge in [-0.15, -0.1) is 0 Å². The molecule has 0 radical (unpaired) electrons. The summed E-state index contributed by atoms with van der Waals surface area (Å²) in [5, 5.41) is 3.40. The molecule has 6 nitrogen and oxygen atoms in total. The van der Waals surface area contributed by atoms with Gasteiger partial charge in [0.1, 0.15) is 5.82 Å². The lowest BCUT2D eigenvalue weighted by Gasteiger charge is -2.19. The minimum Gasteiger partial charge on any atom is -0.369 e. The van der Waals surface area contributed by atoms with Crippen LogP contribution in [-0.2, 0) is 11.2 Å². The number of nitrogens with two attached hydrogens (primary N) is 1. The van der Waals surface area contributed by atoms with E-state index in [9.17, 15) is 4.79 Å². The summed E-state index contributed by atoms with van der Waals surface area (Å²) in [4.78, 5) is 25.8. The number of amides is 1. The van der Waals surface area contributed by atoms with Gasteiger partial charge in [-0.25, -0.2) is 4.98 Å². The van der Waals surface area contributed by atoms with Gasteiger partial charge in [-0.2, -0.15) is 0 Å². The fourth-order valence-electron chi connectivity index (χ4n) is 3.51. The van der Waals surface area contributed by atoms with Crippen LogP contribution in [0.25, 0.3) is 11.3 Å². The number of pyridine rings is 3. The van der Waals surface area contributed by atoms with Crippen LogP contribution in [0.5, 0.6) is 0 Å². The maximum atomic E-state index is 12.4. The van der Waals surface area contributed by atoms with E-state index in [1.807, 2.05) is 66.7 Å². The summed E-state index contributed by atoms with van der Waals surface area (Å²) in [5.41, 5.74) is 10.1. The van der Waals surface area contributed by atoms with E-state index in [0.29, 0.717) is 12.4 Å². The number of hydrogen-bond donors (Lipinski definition) is 2. The Morgan fingerprint density at radius 2 is 1.77 bits per heavy atom. The molecule has 4 rings (SSSR count). The molecule has 1 atom stereocenters. The summed E-state index contributed by atoms with van der Waals surface area (Å²) in [6.45, 7) is 0.619. The molecule has 0 saturated carbocycles. The van der Waals surface area contributed by atoms with Gasteiger partial charge in [0, 0.05) is 48.4 Å². The molecule has 0 fully saturated rings. The molecule has 0 aliphatic carbocycles. The molecule has 0 aliphatic heterocycles. The van der Waals surface area contributed by atoms with Gasteiger partial charge in [0.2, 0.25) is 5.91 Å². The predicted molar refractivity (Wildman–Crippen MR) is 121 cm³/mol. The fraction of sp³-hybridized carbons (Fsp3) is 0.120. The number of anilines is 1. The average Bonchev–Trinajstić information content (AvgIpc) is 2.82. The number of carbonyl (C=O) groups excluding carboxylic acids is 1. The first-order valence-corrected chi connectivity index (χ1v) is 10.1. The van der Waals surface area contributed by atoms with Gasteiger partial charge < -0.3 is 11.1 Å². The standard InChI is InChI=1S/C25H23N5O/c26-24(31)23(19-9-6-14-27-17-19)21-11-12-22(18-7-2-1-3-8-18)30-25(21)29-16-13-20-10-4-5-15-28-20/h1-12,14-15,17,23H,13,16H2,(H2,26,31)(H,29,30). The first-order chi connectivity index (χ1) is 15.2. The number of hydrogen-bond acceptors (Lipinski definition) is 5. The Kier molecular flexibility index (Phi) is 6.28. The van der Waals surface area contributed by atoms with Crippen LogP contribution in [0.3, 0.4) is 0 Å². The van der Waals surface area contributed by atoms with Crippen LogP contribution in [0.4, 0.5) is 5.82 Å². The molecule has 0 aliphatic rings. The maximum Gasteiger partial charge on any atom is 0.229 e. The highest BCUT2D eigenvalue weighted by Gasteiger charge is 2.24. The van der Waals surface area contributed by atoms with Crippen molar-refractivity contribution in [3.8, 4) is 11.3 Å². The third-order valence-corrected chi connectivity index (χ3v) is 5.01. The van der Waals surface area contributed by atoms with E-state index in [1.165, 1.54) is 0 Å². The second-order valence-corrected chi connectivity index (χ2v) is 7.12. The Morgan fingerprint density at radius 3 is 2.48 bits per heavy atom. The van der Waals surface area contributed by atoms with Gasteiger partial charge in [-0.3, -0.25) is 14.8 Å². The first kappa shape index (κ1) is 20.2. The van der Waals surface area contributed by atoms with Crippen molar-refractivity contribution < 1.29 is 4.79 Å². The van der Waals surface area contributed by atoms with Crippen LogP contribution in [0.15, 0.2) is 91.4 Å². The van der Waals surface area contributed by atoms with E-state index >= 15 is 0 Å². The quantitative estimate of drug-likeness (QED) is 0.462. The van der Waals surface area contributed by atoms with E-state index < -0.39 is 11.8 Å². The predicted octanol–water partition coefficient (Wildman–Crippen LogP) is 3.81. The molecule has 0 saturated heterocycles. The molecule has 3 aromatic heterocycles. The van der Waals surface area contributed by atoms with E-state index in [0.717, 1.165) is 34.5 Å². The molecule has 0 bridgehead atoms. The highest BCUT2D eigenvalue weighted by atomic mass is 16.1. The van der Waals surface area contributed by atoms with Crippen molar-refractivity contribution in [1.29, 1.82) is 0 Å². The normalized spacial score (nSPS) is 11.6. The minimum atomic E-state index is -0.650. The summed E-state index contributed by atoms with van der Waals surface area (Å²) in [5.74, 6) is -0.469. The first-order valence-electron chi connectivity index (χ1n) is 10.1. The van der Waals surface area contributed by atoms with Crippen LogP contribution < -0.4 is 11.1 Å². The number of nitrogens with zero attached hydrogens (tertiary/aromatic N) is 3. The monoisotopic (exact) mass is 409 g/mol. The molecule has 3 N–H and O–H groups in total. The van der Waals surface area contributed by atoms with Crippen molar-refractivity contribution in [1.82, 2.24) is 15.0 Å². The lowest BCUT2D eigenvalue weighted by molar-refractivity contribution is -0.118. The van der Waals surface area contributed by atoms with Crippen LogP contribution in [-0.4, -0.2) is 27.4 Å². The molecule has 6 heteroatoms. The number of rotatable bonds is 8. The molecular weight excluding hydrogens is 386 g/mol. The van der Waals surface area contributed by atoms with Gasteiger partial charge in [-0.1, -0.05) is 48.5 Å². The lowest BCUT2D eigenvalue weighted by atomic mass is 9.91. The van der Waals surface area contributed by atoms with Crippen molar-refractivity contribution in [2.75, 3.05) is 11.9 Å². The van der Waals surface area contributed by atoms with Crippen molar-refractivity contribution in [2.24, 2.45) is 5.73 Å². The topological polar surface area (TPSA) is 93.8 Å². The van der Waals surface area contributed by atoms with E-state index in [1.54, 1.807) is 24.7 Å². The van der Waals surface area contributed by atoms with Gasteiger partial charge in [0.15, 0.2) is 0 Å². The average molecular weight is 409 g/mol. The molecule has 4 aromatic rings. The Morgan fingerprint density at radius 1 is 0.935 bits per heavy atom. The van der Waals surface area contributed by atoms with Crippen LogP contribution in [0.2, 0.25) is 0 Å². The third kappa shape index (κ3) is 4.93. The van der Waals surface area contributed by atoms with Crippen LogP contribution in [0, 0.1) is 0 Å². The minimum absolute atomic E-state index is 0.449. The Balaban J connectivity index is 1.69.